The first-order chi connectivity index (χ1) is 31.2. The summed E-state index contributed by atoms with van der Waals surface area (Å²) in [5, 5.41) is 12.9. The molecule has 9 heterocycles. The van der Waals surface area contributed by atoms with E-state index in [1.54, 1.807) is 0 Å². The molecule has 17 rings (SSSR count). The standard InChI is InChI=1S/C56H59N3O5/c1-30-22-45(60)51-54-20-19-41-43-26-37-25-36-23-32(8-3-4-14-46(55(43,54)53(62)63-51)56(54)42-13-6-10-35(11-7-21-57)48(42)52(61)64-56)15-16-34(36)9-5-12-39-31(2)47(37)49(41)50-40(39)17-18-44-38-24-33(28-59(44)50)27-58(30)29-38/h6,10,13,15-18,23,26,30-31,33,38-39,44,46-47,49,60H,3-4,7-9,11,14,19-22,24-25,27-29,57H2,1-2H3/b51-45-/t30-,31+,33-,38+,39+,44+,46-,47+,49-,54+,55-,56+/m0/s1. The fourth-order valence-electron chi connectivity index (χ4n) is 17.2. The van der Waals surface area contributed by atoms with E-state index >= 15 is 4.79 Å². The van der Waals surface area contributed by atoms with Crippen molar-refractivity contribution < 1.29 is 24.2 Å². The van der Waals surface area contributed by atoms with Gasteiger partial charge in [0.1, 0.15) is 11.2 Å². The lowest BCUT2D eigenvalue weighted by Crippen LogP contribution is -2.77. The van der Waals surface area contributed by atoms with Crippen LogP contribution in [0.4, 0.5) is 0 Å². The summed E-state index contributed by atoms with van der Waals surface area (Å²) >= 11 is 0. The van der Waals surface area contributed by atoms with Crippen LogP contribution in [0.15, 0.2) is 94.1 Å². The highest BCUT2D eigenvalue weighted by molar-refractivity contribution is 6.00. The summed E-state index contributed by atoms with van der Waals surface area (Å²) in [4.78, 5) is 36.4. The Labute approximate surface area is 376 Å². The van der Waals surface area contributed by atoms with Gasteiger partial charge in [0, 0.05) is 61.6 Å². The molecule has 2 aromatic carbocycles. The molecule has 8 nitrogen and oxygen atoms in total. The van der Waals surface area contributed by atoms with E-state index in [0.29, 0.717) is 61.4 Å². The number of esters is 2. The van der Waals surface area contributed by atoms with Gasteiger partial charge in [-0.25, -0.2) is 4.79 Å². The third kappa shape index (κ3) is 4.46. The number of hydrogen-bond acceptors (Lipinski definition) is 8. The van der Waals surface area contributed by atoms with Crippen molar-refractivity contribution in [3.8, 4) is 11.8 Å². The molecule has 3 N–H and O–H groups in total. The molecule has 64 heavy (non-hydrogen) atoms. The Balaban J connectivity index is 1.11. The van der Waals surface area contributed by atoms with Crippen molar-refractivity contribution in [2.45, 2.75) is 109 Å². The average molecular weight is 854 g/mol. The van der Waals surface area contributed by atoms with E-state index in [2.05, 4.69) is 90.1 Å². The summed E-state index contributed by atoms with van der Waals surface area (Å²) in [7, 11) is 0. The van der Waals surface area contributed by atoms with Crippen LogP contribution >= 0.6 is 0 Å². The number of aryl methyl sites for hydroxylation is 2. The number of nitrogens with zero attached hydrogens (tertiary/aromatic N) is 2. The highest BCUT2D eigenvalue weighted by Crippen LogP contribution is 2.87. The Morgan fingerprint density at radius 3 is 2.84 bits per heavy atom. The molecular formula is C56H59N3O5. The molecule has 6 aliphatic carbocycles. The minimum atomic E-state index is -1.19. The number of benzene rings is 2. The fourth-order valence-corrected chi connectivity index (χ4v) is 17.2. The van der Waals surface area contributed by atoms with E-state index in [9.17, 15) is 9.90 Å². The number of hydrogen-bond donors (Lipinski definition) is 2. The summed E-state index contributed by atoms with van der Waals surface area (Å²) in [6.07, 6.45) is 16.8. The molecule has 3 spiro atoms. The van der Waals surface area contributed by atoms with E-state index in [4.69, 9.17) is 15.2 Å². The number of fused-ring (bicyclic) bond motifs is 6. The first kappa shape index (κ1) is 38.4. The lowest BCUT2D eigenvalue weighted by molar-refractivity contribution is -0.276. The number of carbonyl (C=O) groups excluding carboxylic acids is 2. The minimum Gasteiger partial charge on any atom is -0.509 e. The summed E-state index contributed by atoms with van der Waals surface area (Å²) in [6, 6.07) is 13.7. The second-order valence-corrected chi connectivity index (χ2v) is 22.0. The summed E-state index contributed by atoms with van der Waals surface area (Å²) in [5.74, 6) is 8.90. The van der Waals surface area contributed by atoms with Gasteiger partial charge in [0.05, 0.1) is 22.9 Å². The van der Waals surface area contributed by atoms with Gasteiger partial charge in [-0.2, -0.15) is 0 Å². The zero-order chi connectivity index (χ0) is 43.0. The Hall–Kier alpha value is -4.84. The maximum Gasteiger partial charge on any atom is 0.339 e. The zero-order valence-electron chi connectivity index (χ0n) is 37.3. The normalized spacial score (nSPS) is 42.2. The van der Waals surface area contributed by atoms with Gasteiger partial charge >= 0.3 is 11.9 Å². The molecule has 13 atom stereocenters. The molecule has 4 fully saturated rings. The van der Waals surface area contributed by atoms with Gasteiger partial charge in [0.2, 0.25) is 0 Å². The van der Waals surface area contributed by atoms with Crippen LogP contribution in [-0.2, 0) is 45.6 Å². The Morgan fingerprint density at radius 1 is 1.05 bits per heavy atom. The molecule has 328 valence electrons. The van der Waals surface area contributed by atoms with Crippen molar-refractivity contribution in [2.24, 2.45) is 58.0 Å². The maximum absolute atomic E-state index is 16.1. The minimum absolute atomic E-state index is 0.0195. The number of carbonyl (C=O) groups is 2. The zero-order valence-corrected chi connectivity index (χ0v) is 37.3. The van der Waals surface area contributed by atoms with E-state index in [1.165, 1.54) is 45.5 Å². The van der Waals surface area contributed by atoms with Crippen LogP contribution in [0, 0.1) is 64.1 Å². The lowest BCUT2D eigenvalue weighted by atomic mass is 9.28. The van der Waals surface area contributed by atoms with Gasteiger partial charge in [0.25, 0.3) is 0 Å². The van der Waals surface area contributed by atoms with Crippen molar-refractivity contribution in [1.29, 1.82) is 0 Å². The third-order valence-corrected chi connectivity index (χ3v) is 19.4. The molecular weight excluding hydrogens is 795 g/mol. The highest BCUT2D eigenvalue weighted by atomic mass is 16.6. The number of rotatable bonds is 3. The van der Waals surface area contributed by atoms with Crippen molar-refractivity contribution in [1.82, 2.24) is 9.80 Å². The number of piperidine rings is 2. The molecule has 1 saturated carbocycles. The molecule has 15 aliphatic rings. The molecule has 17 bridgehead atoms. The second kappa shape index (κ2) is 13.2. The molecule has 0 amide bonds. The highest BCUT2D eigenvalue weighted by Gasteiger charge is 2.93. The van der Waals surface area contributed by atoms with Gasteiger partial charge in [-0.05, 0) is 128 Å². The molecule has 2 aromatic rings. The first-order valence-electron chi connectivity index (χ1n) is 24.9. The number of allylic oxidation sites excluding steroid dienone is 5. The molecule has 3 saturated heterocycles. The van der Waals surface area contributed by atoms with Crippen LogP contribution in [0.5, 0.6) is 0 Å². The largest absolute Gasteiger partial charge is 0.509 e. The third-order valence-electron chi connectivity index (χ3n) is 19.4. The Kier molecular flexibility index (Phi) is 7.90. The molecule has 1 unspecified atom stereocenters. The Morgan fingerprint density at radius 2 is 1.95 bits per heavy atom. The quantitative estimate of drug-likeness (QED) is 0.236. The fraction of sp³-hybridized carbons (Fsp3) is 0.536. The summed E-state index contributed by atoms with van der Waals surface area (Å²) in [5.41, 5.74) is 15.8. The molecule has 0 radical (unpaired) electrons. The molecule has 8 heteroatoms. The first-order valence-corrected chi connectivity index (χ1v) is 24.9. The van der Waals surface area contributed by atoms with Gasteiger partial charge in [-0.1, -0.05) is 91.0 Å². The number of aliphatic hydroxyl groups excluding tert-OH is 1. The smallest absolute Gasteiger partial charge is 0.339 e. The van der Waals surface area contributed by atoms with E-state index in [0.717, 1.165) is 81.3 Å². The molecule has 0 aromatic heterocycles. The Bertz CT molecular complexity index is 2750. The number of nitrogens with two attached hydrogens (primary N) is 1. The number of aliphatic hydroxyl groups is 1. The predicted octanol–water partition coefficient (Wildman–Crippen LogP) is 8.17. The van der Waals surface area contributed by atoms with Gasteiger partial charge in [-0.3, -0.25) is 9.69 Å². The predicted molar refractivity (Wildman–Crippen MR) is 242 cm³/mol. The van der Waals surface area contributed by atoms with Crippen LogP contribution in [0.2, 0.25) is 0 Å². The van der Waals surface area contributed by atoms with Crippen molar-refractivity contribution in [2.75, 3.05) is 26.2 Å². The van der Waals surface area contributed by atoms with E-state index < -0.39 is 16.4 Å². The van der Waals surface area contributed by atoms with Crippen LogP contribution in [-0.4, -0.2) is 65.1 Å². The van der Waals surface area contributed by atoms with Crippen LogP contribution in [0.25, 0.3) is 0 Å². The summed E-state index contributed by atoms with van der Waals surface area (Å²) < 4.78 is 14.1. The molecule has 9 aliphatic heterocycles. The van der Waals surface area contributed by atoms with Gasteiger partial charge in [0.15, 0.2) is 11.4 Å². The monoisotopic (exact) mass is 853 g/mol. The van der Waals surface area contributed by atoms with E-state index in [-0.39, 0.29) is 53.3 Å². The van der Waals surface area contributed by atoms with Crippen molar-refractivity contribution in [3.05, 3.63) is 128 Å². The number of ether oxygens (including phenoxy) is 2. The second-order valence-electron chi connectivity index (χ2n) is 22.0. The van der Waals surface area contributed by atoms with Crippen molar-refractivity contribution in [3.63, 3.8) is 0 Å². The van der Waals surface area contributed by atoms with Crippen LogP contribution < -0.4 is 5.73 Å². The maximum atomic E-state index is 16.1. The average Bonchev–Trinajstić information content (AvgIpc) is 3.74. The van der Waals surface area contributed by atoms with Crippen molar-refractivity contribution >= 4 is 11.9 Å². The van der Waals surface area contributed by atoms with Gasteiger partial charge < -0.3 is 25.2 Å². The van der Waals surface area contributed by atoms with Crippen LogP contribution in [0.1, 0.15) is 103 Å². The SMILES string of the molecule is C[C@H]1[C@@H]2C3=CC4=C5CC[C@@]67/C8=C(/O)C[C@H](C)N9C[C@@H]%10C[C@H](C9)[C@H]9C=CC(=C([C@@H]52)N9C%10)[C@@H]1C#CCc1ccc(cc1C3)CCCC[C@@H]([C@]46C(=O)O8)[C@@]71OC(=O)c2c(CCCN)cccc21. The van der Waals surface area contributed by atoms with Crippen LogP contribution in [0.3, 0.4) is 0 Å². The summed E-state index contributed by atoms with van der Waals surface area (Å²) in [6.45, 7) is 8.17. The topological polar surface area (TPSA) is 105 Å². The lowest BCUT2D eigenvalue weighted by Gasteiger charge is -2.71. The van der Waals surface area contributed by atoms with E-state index in [1.807, 2.05) is 0 Å². The van der Waals surface area contributed by atoms with Gasteiger partial charge in [-0.15, -0.1) is 0 Å².